The maximum atomic E-state index is 2.48. The van der Waals surface area contributed by atoms with Crippen LogP contribution in [0.25, 0.3) is 33.4 Å². The molecule has 0 heteroatoms. The summed E-state index contributed by atoms with van der Waals surface area (Å²) in [6, 6.07) is 35.9. The smallest absolute Gasteiger partial charge is 0.0215 e. The van der Waals surface area contributed by atoms with E-state index in [2.05, 4.69) is 97.1 Å². The molecule has 1 fully saturated rings. The third-order valence-electron chi connectivity index (χ3n) is 7.03. The minimum atomic E-state index is 0.195. The zero-order chi connectivity index (χ0) is 19.3. The Morgan fingerprint density at radius 2 is 0.897 bits per heavy atom. The summed E-state index contributed by atoms with van der Waals surface area (Å²) >= 11 is 0. The van der Waals surface area contributed by atoms with Gasteiger partial charge in [-0.3, -0.25) is 0 Å². The molecule has 4 aromatic rings. The Balaban J connectivity index is 1.55. The third-order valence-corrected chi connectivity index (χ3v) is 7.03. The Morgan fingerprint density at radius 1 is 0.448 bits per heavy atom. The summed E-state index contributed by atoms with van der Waals surface area (Å²) in [6.07, 6.45) is 5.18. The quantitative estimate of drug-likeness (QED) is 0.336. The first-order valence-corrected chi connectivity index (χ1v) is 10.8. The van der Waals surface area contributed by atoms with Gasteiger partial charge >= 0.3 is 0 Å². The molecule has 1 saturated carbocycles. The summed E-state index contributed by atoms with van der Waals surface area (Å²) in [5.74, 6) is 0. The van der Waals surface area contributed by atoms with Crippen LogP contribution < -0.4 is 0 Å². The predicted molar refractivity (Wildman–Crippen MR) is 122 cm³/mol. The van der Waals surface area contributed by atoms with Crippen LogP contribution in [0.15, 0.2) is 97.1 Å². The predicted octanol–water partition coefficient (Wildman–Crippen LogP) is 7.86. The lowest BCUT2D eigenvalue weighted by atomic mass is 9.75. The fourth-order valence-electron chi connectivity index (χ4n) is 5.63. The van der Waals surface area contributed by atoms with E-state index in [1.807, 2.05) is 0 Å². The van der Waals surface area contributed by atoms with E-state index in [0.717, 1.165) is 0 Å². The monoisotopic (exact) mass is 372 g/mol. The van der Waals surface area contributed by atoms with Crippen molar-refractivity contribution in [3.8, 4) is 33.4 Å². The van der Waals surface area contributed by atoms with Crippen LogP contribution in [0.3, 0.4) is 0 Å². The van der Waals surface area contributed by atoms with Gasteiger partial charge in [0, 0.05) is 5.41 Å². The number of benzene rings is 4. The average molecular weight is 373 g/mol. The maximum Gasteiger partial charge on any atom is 0.0215 e. The van der Waals surface area contributed by atoms with Gasteiger partial charge in [0.05, 0.1) is 0 Å². The lowest BCUT2D eigenvalue weighted by molar-refractivity contribution is 0.550. The molecule has 0 aromatic heterocycles. The van der Waals surface area contributed by atoms with Crippen molar-refractivity contribution in [3.63, 3.8) is 0 Å². The molecule has 4 aromatic carbocycles. The van der Waals surface area contributed by atoms with Crippen LogP contribution in [0, 0.1) is 0 Å². The largest absolute Gasteiger partial charge is 0.0622 e. The molecule has 0 amide bonds. The van der Waals surface area contributed by atoms with E-state index >= 15 is 0 Å². The molecule has 0 nitrogen and oxygen atoms in total. The molecule has 29 heavy (non-hydrogen) atoms. The molecule has 0 heterocycles. The number of rotatable bonds is 2. The van der Waals surface area contributed by atoms with Gasteiger partial charge in [-0.05, 0) is 69.5 Å². The minimum Gasteiger partial charge on any atom is -0.0622 e. The van der Waals surface area contributed by atoms with Crippen LogP contribution in [-0.2, 0) is 5.41 Å². The van der Waals surface area contributed by atoms with Gasteiger partial charge in [0.25, 0.3) is 0 Å². The molecular weight excluding hydrogens is 348 g/mol. The highest BCUT2D eigenvalue weighted by molar-refractivity contribution is 5.86. The molecule has 0 saturated heterocycles. The van der Waals surface area contributed by atoms with Crippen LogP contribution in [0.1, 0.15) is 36.8 Å². The highest BCUT2D eigenvalue weighted by atomic mass is 14.5. The SMILES string of the molecule is c1ccc(-c2ccc3c(c2)C2(CCCC2)c2cc(-c4ccccc4)ccc2-3)cc1. The van der Waals surface area contributed by atoms with Crippen molar-refractivity contribution in [1.29, 1.82) is 0 Å². The Kier molecular flexibility index (Phi) is 3.74. The van der Waals surface area contributed by atoms with Crippen molar-refractivity contribution < 1.29 is 0 Å². The summed E-state index contributed by atoms with van der Waals surface area (Å²) in [7, 11) is 0. The molecule has 6 rings (SSSR count). The van der Waals surface area contributed by atoms with Crippen LogP contribution in [-0.4, -0.2) is 0 Å². The highest BCUT2D eigenvalue weighted by Gasteiger charge is 2.45. The third kappa shape index (κ3) is 2.52. The summed E-state index contributed by atoms with van der Waals surface area (Å²) in [5.41, 5.74) is 11.5. The average Bonchev–Trinajstić information content (AvgIpc) is 3.40. The fraction of sp³-hybridized carbons (Fsp3) is 0.172. The Morgan fingerprint density at radius 3 is 1.34 bits per heavy atom. The zero-order valence-electron chi connectivity index (χ0n) is 16.6. The molecule has 0 aliphatic heterocycles. The molecule has 1 spiro atoms. The van der Waals surface area contributed by atoms with Gasteiger partial charge in [-0.2, -0.15) is 0 Å². The standard InChI is InChI=1S/C29H24/c1-3-9-21(10-4-1)23-13-15-25-26-16-14-24(22-11-5-2-6-12-22)20-28(26)29(27(25)19-23)17-7-8-18-29/h1-6,9-16,19-20H,7-8,17-18H2. The molecular formula is C29H24. The van der Waals surface area contributed by atoms with Gasteiger partial charge in [0.2, 0.25) is 0 Å². The molecule has 140 valence electrons. The fourth-order valence-corrected chi connectivity index (χ4v) is 5.63. The summed E-state index contributed by atoms with van der Waals surface area (Å²) in [4.78, 5) is 0. The van der Waals surface area contributed by atoms with Crippen molar-refractivity contribution >= 4 is 0 Å². The normalized spacial score (nSPS) is 16.0. The highest BCUT2D eigenvalue weighted by Crippen LogP contribution is 2.57. The Hall–Kier alpha value is -3.12. The number of hydrogen-bond acceptors (Lipinski definition) is 0. The van der Waals surface area contributed by atoms with Crippen molar-refractivity contribution in [2.75, 3.05) is 0 Å². The van der Waals surface area contributed by atoms with E-state index in [4.69, 9.17) is 0 Å². The van der Waals surface area contributed by atoms with E-state index in [-0.39, 0.29) is 5.41 Å². The first-order chi connectivity index (χ1) is 14.4. The topological polar surface area (TPSA) is 0 Å². The van der Waals surface area contributed by atoms with Gasteiger partial charge < -0.3 is 0 Å². The lowest BCUT2D eigenvalue weighted by Gasteiger charge is -2.27. The molecule has 0 unspecified atom stereocenters. The van der Waals surface area contributed by atoms with Crippen LogP contribution in [0.2, 0.25) is 0 Å². The van der Waals surface area contributed by atoms with Gasteiger partial charge in [0.15, 0.2) is 0 Å². The van der Waals surface area contributed by atoms with E-state index < -0.39 is 0 Å². The minimum absolute atomic E-state index is 0.195. The first-order valence-electron chi connectivity index (χ1n) is 10.8. The summed E-state index contributed by atoms with van der Waals surface area (Å²) < 4.78 is 0. The van der Waals surface area contributed by atoms with Gasteiger partial charge in [-0.25, -0.2) is 0 Å². The Bertz CT molecular complexity index is 1090. The maximum absolute atomic E-state index is 2.48. The van der Waals surface area contributed by atoms with Crippen molar-refractivity contribution in [3.05, 3.63) is 108 Å². The van der Waals surface area contributed by atoms with Crippen LogP contribution >= 0.6 is 0 Å². The second-order valence-corrected chi connectivity index (χ2v) is 8.54. The van der Waals surface area contributed by atoms with E-state index in [1.54, 1.807) is 11.1 Å². The molecule has 0 radical (unpaired) electrons. The summed E-state index contributed by atoms with van der Waals surface area (Å²) in [5, 5.41) is 0. The second-order valence-electron chi connectivity index (χ2n) is 8.54. The molecule has 0 atom stereocenters. The van der Waals surface area contributed by atoms with Crippen molar-refractivity contribution in [1.82, 2.24) is 0 Å². The lowest BCUT2D eigenvalue weighted by Crippen LogP contribution is -2.20. The van der Waals surface area contributed by atoms with E-state index in [0.29, 0.717) is 0 Å². The number of hydrogen-bond donors (Lipinski definition) is 0. The van der Waals surface area contributed by atoms with Crippen LogP contribution in [0.5, 0.6) is 0 Å². The van der Waals surface area contributed by atoms with E-state index in [1.165, 1.54) is 59.1 Å². The molecule has 0 bridgehead atoms. The van der Waals surface area contributed by atoms with Gasteiger partial charge in [0.1, 0.15) is 0 Å². The van der Waals surface area contributed by atoms with Gasteiger partial charge in [-0.15, -0.1) is 0 Å². The Labute approximate surface area is 172 Å². The van der Waals surface area contributed by atoms with Crippen molar-refractivity contribution in [2.45, 2.75) is 31.1 Å². The summed E-state index contributed by atoms with van der Waals surface area (Å²) in [6.45, 7) is 0. The molecule has 2 aliphatic carbocycles. The van der Waals surface area contributed by atoms with Crippen LogP contribution in [0.4, 0.5) is 0 Å². The molecule has 2 aliphatic rings. The van der Waals surface area contributed by atoms with E-state index in [9.17, 15) is 0 Å². The zero-order valence-corrected chi connectivity index (χ0v) is 16.6. The number of fused-ring (bicyclic) bond motifs is 5. The molecule has 0 N–H and O–H groups in total. The van der Waals surface area contributed by atoms with Gasteiger partial charge in [-0.1, -0.05) is 97.8 Å². The van der Waals surface area contributed by atoms with Crippen molar-refractivity contribution in [2.24, 2.45) is 0 Å². The second kappa shape index (κ2) is 6.46. The first kappa shape index (κ1) is 16.8.